The van der Waals surface area contributed by atoms with Crippen molar-refractivity contribution in [3.05, 3.63) is 60.7 Å². The van der Waals surface area contributed by atoms with Gasteiger partial charge in [-0.25, -0.2) is 0 Å². The summed E-state index contributed by atoms with van der Waals surface area (Å²) in [7, 11) is 0. The summed E-state index contributed by atoms with van der Waals surface area (Å²) in [6.45, 7) is 7.12. The summed E-state index contributed by atoms with van der Waals surface area (Å²) in [5, 5.41) is 2.91. The first-order valence-electron chi connectivity index (χ1n) is 12.3. The van der Waals surface area contributed by atoms with Crippen molar-refractivity contribution >= 4 is 53.7 Å². The fourth-order valence-corrected chi connectivity index (χ4v) is 25.4. The van der Waals surface area contributed by atoms with Gasteiger partial charge < -0.3 is 0 Å². The molecule has 2 aromatic carbocycles. The zero-order valence-corrected chi connectivity index (χ0v) is 23.2. The molecule has 0 N–H and O–H groups in total. The molecule has 0 fully saturated rings. The van der Waals surface area contributed by atoms with Crippen LogP contribution < -0.4 is 2.89 Å². The maximum absolute atomic E-state index is 2.67. The Hall–Kier alpha value is -1.26. The van der Waals surface area contributed by atoms with E-state index in [9.17, 15) is 0 Å². The van der Waals surface area contributed by atoms with Gasteiger partial charge in [-0.15, -0.1) is 0 Å². The predicted molar refractivity (Wildman–Crippen MR) is 143 cm³/mol. The summed E-state index contributed by atoms with van der Waals surface area (Å²) >= 11 is -0.265. The van der Waals surface area contributed by atoms with Crippen molar-refractivity contribution in [2.45, 2.75) is 72.6 Å². The maximum atomic E-state index is 2.67. The minimum atomic E-state index is -2.42. The van der Waals surface area contributed by atoms with Gasteiger partial charge in [0.25, 0.3) is 0 Å². The van der Waals surface area contributed by atoms with Gasteiger partial charge in [-0.1, -0.05) is 0 Å². The Bertz CT molecular complexity index is 1090. The molecule has 0 aliphatic heterocycles. The molecule has 0 saturated carbocycles. The van der Waals surface area contributed by atoms with E-state index in [0.717, 1.165) is 0 Å². The third kappa shape index (κ3) is 4.61. The third-order valence-electron chi connectivity index (χ3n) is 6.91. The first kappa shape index (κ1) is 22.9. The summed E-state index contributed by atoms with van der Waals surface area (Å²) in [4.78, 5) is 1.47. The summed E-state index contributed by atoms with van der Waals surface area (Å²) in [5.41, 5.74) is 2.64. The van der Waals surface area contributed by atoms with Crippen molar-refractivity contribution < 1.29 is 0 Å². The van der Waals surface area contributed by atoms with Crippen molar-refractivity contribution in [3.8, 4) is 5.69 Å². The van der Waals surface area contributed by atoms with E-state index in [-0.39, 0.29) is 0 Å². The number of thiophene rings is 1. The minimum absolute atomic E-state index is 1.29. The zero-order valence-electron chi connectivity index (χ0n) is 19.5. The van der Waals surface area contributed by atoms with Crippen LogP contribution in [0.15, 0.2) is 60.7 Å². The molecule has 31 heavy (non-hydrogen) atoms. The number of benzene rings is 2. The molecule has 0 atom stereocenters. The Balaban J connectivity index is 1.92. The van der Waals surface area contributed by atoms with E-state index >= 15 is 0 Å². The van der Waals surface area contributed by atoms with Crippen LogP contribution in [-0.2, 0) is 0 Å². The number of hydrogen-bond donors (Lipinski definition) is 0. The standard InChI is InChI=1S/C16H10NS.3C4H9.Sn/c1-2-6-12(7-3-1)17-15-9-5-4-8-13(15)14-10-11-18-16(14)17;3*1-3-4-2;/h1-10H;3*1,3-4H2,2H3;. The van der Waals surface area contributed by atoms with E-state index in [1.54, 1.807) is 0 Å². The number of aromatic nitrogens is 1. The molecular formula is C28H37NSSn. The van der Waals surface area contributed by atoms with E-state index in [0.29, 0.717) is 0 Å². The van der Waals surface area contributed by atoms with E-state index in [2.05, 4.69) is 97.3 Å². The van der Waals surface area contributed by atoms with Gasteiger partial charge >= 0.3 is 197 Å². The van der Waals surface area contributed by atoms with Gasteiger partial charge in [-0.05, 0) is 0 Å². The molecule has 0 aliphatic carbocycles. The van der Waals surface area contributed by atoms with Crippen molar-refractivity contribution in [1.29, 1.82) is 0 Å². The van der Waals surface area contributed by atoms with Gasteiger partial charge in [0.1, 0.15) is 0 Å². The van der Waals surface area contributed by atoms with Gasteiger partial charge in [0.15, 0.2) is 0 Å². The molecule has 2 heterocycles. The second kappa shape index (κ2) is 10.6. The number of hydrogen-bond acceptors (Lipinski definition) is 1. The van der Waals surface area contributed by atoms with Gasteiger partial charge in [0.05, 0.1) is 0 Å². The molecule has 0 bridgehead atoms. The van der Waals surface area contributed by atoms with Gasteiger partial charge in [-0.2, -0.15) is 0 Å². The number of fused-ring (bicyclic) bond motifs is 3. The second-order valence-corrected chi connectivity index (χ2v) is 24.3. The monoisotopic (exact) mass is 539 g/mol. The van der Waals surface area contributed by atoms with E-state index in [1.807, 2.05) is 2.89 Å². The Morgan fingerprint density at radius 2 is 1.29 bits per heavy atom. The van der Waals surface area contributed by atoms with Crippen molar-refractivity contribution in [2.75, 3.05) is 0 Å². The predicted octanol–water partition coefficient (Wildman–Crippen LogP) is 8.90. The zero-order chi connectivity index (χ0) is 21.7. The van der Waals surface area contributed by atoms with Crippen molar-refractivity contribution in [1.82, 2.24) is 4.57 Å². The van der Waals surface area contributed by atoms with Crippen LogP contribution in [0.3, 0.4) is 0 Å². The average molecular weight is 538 g/mol. The second-order valence-electron chi connectivity index (χ2n) is 9.11. The topological polar surface area (TPSA) is 4.93 Å². The molecule has 164 valence electrons. The normalized spacial score (nSPS) is 12.2. The van der Waals surface area contributed by atoms with Crippen LogP contribution in [0.25, 0.3) is 26.8 Å². The quantitative estimate of drug-likeness (QED) is 0.168. The van der Waals surface area contributed by atoms with Crippen LogP contribution >= 0.6 is 11.3 Å². The number of nitrogens with zero attached hydrogens (tertiary/aromatic N) is 1. The SMILES string of the molecule is CCC[CH2][Sn]([CH2]CCC)([CH2]CCC)[c]1cc2c3ccccc3n(-c3ccccc3)c2s1. The number of rotatable bonds is 11. The van der Waals surface area contributed by atoms with Crippen LogP contribution in [0.2, 0.25) is 13.3 Å². The first-order valence-corrected chi connectivity index (χ1v) is 20.6. The van der Waals surface area contributed by atoms with Crippen LogP contribution in [0.1, 0.15) is 59.3 Å². The van der Waals surface area contributed by atoms with Crippen LogP contribution in [0, 0.1) is 0 Å². The van der Waals surface area contributed by atoms with Crippen LogP contribution in [0.4, 0.5) is 0 Å². The Morgan fingerprint density at radius 1 is 0.710 bits per heavy atom. The molecule has 0 aliphatic rings. The van der Waals surface area contributed by atoms with Crippen LogP contribution in [0.5, 0.6) is 0 Å². The summed E-state index contributed by atoms with van der Waals surface area (Å²) < 4.78 is 8.98. The number of unbranched alkanes of at least 4 members (excludes halogenated alkanes) is 3. The van der Waals surface area contributed by atoms with Gasteiger partial charge in [-0.3, -0.25) is 0 Å². The third-order valence-corrected chi connectivity index (χ3v) is 26.2. The van der Waals surface area contributed by atoms with Crippen molar-refractivity contribution in [2.24, 2.45) is 0 Å². The fourth-order valence-electron chi connectivity index (χ4n) is 5.13. The van der Waals surface area contributed by atoms with Crippen LogP contribution in [-0.4, -0.2) is 22.9 Å². The number of para-hydroxylation sites is 2. The molecule has 0 amide bonds. The molecule has 0 radical (unpaired) electrons. The summed E-state index contributed by atoms with van der Waals surface area (Å²) in [5.74, 6) is 0. The molecule has 1 nitrogen and oxygen atoms in total. The van der Waals surface area contributed by atoms with Gasteiger partial charge in [0.2, 0.25) is 0 Å². The molecule has 2 aromatic heterocycles. The fraction of sp³-hybridized carbons (Fsp3) is 0.429. The molecule has 0 spiro atoms. The molecule has 4 rings (SSSR count). The van der Waals surface area contributed by atoms with E-state index in [4.69, 9.17) is 0 Å². The summed E-state index contributed by atoms with van der Waals surface area (Å²) in [6, 6.07) is 22.6. The summed E-state index contributed by atoms with van der Waals surface area (Å²) in [6.07, 6.45) is 8.27. The molecule has 4 aromatic rings. The molecule has 0 saturated heterocycles. The molecule has 3 heteroatoms. The Kier molecular flexibility index (Phi) is 7.81. The average Bonchev–Trinajstić information content (AvgIpc) is 3.37. The Labute approximate surface area is 196 Å². The first-order chi connectivity index (χ1) is 15.2. The Morgan fingerprint density at radius 3 is 1.90 bits per heavy atom. The van der Waals surface area contributed by atoms with E-state index in [1.165, 1.54) is 78.6 Å². The molecule has 0 unspecified atom stereocenters. The van der Waals surface area contributed by atoms with Gasteiger partial charge in [0, 0.05) is 0 Å². The van der Waals surface area contributed by atoms with Crippen molar-refractivity contribution in [3.63, 3.8) is 0 Å². The molecular weight excluding hydrogens is 501 g/mol. The van der Waals surface area contributed by atoms with E-state index < -0.39 is 18.4 Å².